The van der Waals surface area contributed by atoms with Crippen LogP contribution in [0.1, 0.15) is 24.2 Å². The van der Waals surface area contributed by atoms with Crippen molar-refractivity contribution in [1.82, 2.24) is 14.8 Å². The molecule has 2 aliphatic rings. The molecule has 0 aromatic carbocycles. The Morgan fingerprint density at radius 3 is 2.62 bits per heavy atom. The van der Waals surface area contributed by atoms with Crippen LogP contribution >= 0.6 is 0 Å². The molecule has 26 heavy (non-hydrogen) atoms. The van der Waals surface area contributed by atoms with E-state index in [1.54, 1.807) is 18.3 Å². The molecule has 144 valence electrons. The van der Waals surface area contributed by atoms with E-state index in [1.807, 2.05) is 4.90 Å². The van der Waals surface area contributed by atoms with Gasteiger partial charge in [-0.1, -0.05) is 0 Å². The molecular weight excluding hydrogens is 334 g/mol. The van der Waals surface area contributed by atoms with Crippen LogP contribution < -0.4 is 4.74 Å². The maximum atomic E-state index is 12.9. The van der Waals surface area contributed by atoms with E-state index in [2.05, 4.69) is 23.7 Å². The molecule has 3 rings (SSSR count). The van der Waals surface area contributed by atoms with Gasteiger partial charge >= 0.3 is 0 Å². The minimum Gasteiger partial charge on any atom is -0.480 e. The minimum absolute atomic E-state index is 0.0837. The highest BCUT2D eigenvalue weighted by Gasteiger charge is 2.37. The van der Waals surface area contributed by atoms with Gasteiger partial charge in [-0.25, -0.2) is 4.98 Å². The third kappa shape index (κ3) is 4.16. The molecular formula is C19H29N3O4. The van der Waals surface area contributed by atoms with E-state index in [0.717, 1.165) is 19.6 Å². The number of carbonyl (C=O) groups is 1. The molecule has 1 amide bonds. The summed E-state index contributed by atoms with van der Waals surface area (Å²) in [4.78, 5) is 21.2. The van der Waals surface area contributed by atoms with Crippen LogP contribution in [0.4, 0.5) is 0 Å². The second kappa shape index (κ2) is 8.33. The summed E-state index contributed by atoms with van der Waals surface area (Å²) < 4.78 is 11.0. The van der Waals surface area contributed by atoms with Crippen molar-refractivity contribution in [2.45, 2.75) is 26.1 Å². The number of methoxy groups -OCH3 is 1. The van der Waals surface area contributed by atoms with Gasteiger partial charge in [0.15, 0.2) is 0 Å². The molecule has 3 heterocycles. The average Bonchev–Trinajstić information content (AvgIpc) is 3.03. The van der Waals surface area contributed by atoms with E-state index >= 15 is 0 Å². The van der Waals surface area contributed by atoms with Crippen LogP contribution in [0.2, 0.25) is 0 Å². The second-order valence-corrected chi connectivity index (χ2v) is 7.45. The summed E-state index contributed by atoms with van der Waals surface area (Å²) in [6, 6.07) is 3.48. The summed E-state index contributed by atoms with van der Waals surface area (Å²) in [5.41, 5.74) is 0.473. The van der Waals surface area contributed by atoms with E-state index in [4.69, 9.17) is 9.47 Å². The average molecular weight is 363 g/mol. The third-order valence-electron chi connectivity index (χ3n) is 5.28. The number of amides is 1. The first-order valence-electron chi connectivity index (χ1n) is 9.28. The zero-order valence-electron chi connectivity index (χ0n) is 15.8. The van der Waals surface area contributed by atoms with E-state index < -0.39 is 0 Å². The summed E-state index contributed by atoms with van der Waals surface area (Å²) in [5.74, 6) is 0.608. The van der Waals surface area contributed by atoms with Crippen LogP contribution in [-0.4, -0.2) is 84.4 Å². The Hall–Kier alpha value is -1.70. The van der Waals surface area contributed by atoms with E-state index in [-0.39, 0.29) is 36.6 Å². The molecule has 0 bridgehead atoms. The standard InChI is InChI=1S/C19H29N3O4/c1-13-7-21(8-14(2)26-13)9-15-10-22(11-16(15)12-23)19(24)17-5-4-6-20-18(17)25-3/h4-6,13-16,23H,7-12H2,1-3H3. The molecule has 2 fully saturated rings. The van der Waals surface area contributed by atoms with Crippen molar-refractivity contribution < 1.29 is 19.4 Å². The van der Waals surface area contributed by atoms with Crippen LogP contribution in [0.5, 0.6) is 5.88 Å². The monoisotopic (exact) mass is 363 g/mol. The lowest BCUT2D eigenvalue weighted by molar-refractivity contribution is -0.0726. The highest BCUT2D eigenvalue weighted by atomic mass is 16.5. The number of morpholine rings is 1. The molecule has 0 saturated carbocycles. The number of pyridine rings is 1. The summed E-state index contributed by atoms with van der Waals surface area (Å²) in [6.45, 7) is 8.13. The normalized spacial score (nSPS) is 29.8. The fourth-order valence-electron chi connectivity index (χ4n) is 4.17. The molecule has 0 spiro atoms. The molecule has 0 radical (unpaired) electrons. The molecule has 1 aromatic rings. The van der Waals surface area contributed by atoms with E-state index in [1.165, 1.54) is 7.11 Å². The Balaban J connectivity index is 1.67. The fourth-order valence-corrected chi connectivity index (χ4v) is 4.17. The SMILES string of the molecule is COc1ncccc1C(=O)N1CC(CO)C(CN2CC(C)OC(C)C2)C1. The van der Waals surface area contributed by atoms with Crippen molar-refractivity contribution in [2.75, 3.05) is 46.4 Å². The quantitative estimate of drug-likeness (QED) is 0.837. The van der Waals surface area contributed by atoms with Crippen LogP contribution in [-0.2, 0) is 4.74 Å². The second-order valence-electron chi connectivity index (χ2n) is 7.45. The van der Waals surface area contributed by atoms with Gasteiger partial charge in [0.25, 0.3) is 5.91 Å². The number of carbonyl (C=O) groups excluding carboxylic acids is 1. The lowest BCUT2D eigenvalue weighted by atomic mass is 9.96. The number of hydrogen-bond acceptors (Lipinski definition) is 6. The summed E-state index contributed by atoms with van der Waals surface area (Å²) in [5, 5.41) is 9.82. The Kier molecular flexibility index (Phi) is 6.11. The van der Waals surface area contributed by atoms with Crippen molar-refractivity contribution in [3.8, 4) is 5.88 Å². The minimum atomic E-state index is -0.0837. The number of nitrogens with zero attached hydrogens (tertiary/aromatic N) is 3. The van der Waals surface area contributed by atoms with Crippen molar-refractivity contribution in [3.05, 3.63) is 23.9 Å². The van der Waals surface area contributed by atoms with Crippen molar-refractivity contribution in [2.24, 2.45) is 11.8 Å². The number of likely N-dealkylation sites (tertiary alicyclic amines) is 1. The summed E-state index contributed by atoms with van der Waals surface area (Å²) in [7, 11) is 1.52. The molecule has 7 nitrogen and oxygen atoms in total. The Labute approximate surface area is 154 Å². The van der Waals surface area contributed by atoms with Crippen molar-refractivity contribution >= 4 is 5.91 Å². The first kappa shape index (κ1) is 19.1. The lowest BCUT2D eigenvalue weighted by Crippen LogP contribution is -2.48. The Morgan fingerprint density at radius 1 is 1.27 bits per heavy atom. The van der Waals surface area contributed by atoms with Crippen LogP contribution in [0, 0.1) is 11.8 Å². The largest absolute Gasteiger partial charge is 0.480 e. The van der Waals surface area contributed by atoms with Crippen molar-refractivity contribution in [1.29, 1.82) is 0 Å². The van der Waals surface area contributed by atoms with Gasteiger partial charge in [0.05, 0.1) is 19.3 Å². The highest BCUT2D eigenvalue weighted by molar-refractivity contribution is 5.96. The molecule has 1 aromatic heterocycles. The lowest BCUT2D eigenvalue weighted by Gasteiger charge is -2.37. The number of rotatable bonds is 5. The van der Waals surface area contributed by atoms with Gasteiger partial charge in [-0.3, -0.25) is 9.69 Å². The first-order chi connectivity index (χ1) is 12.5. The number of hydrogen-bond donors (Lipinski definition) is 1. The Morgan fingerprint density at radius 2 is 1.96 bits per heavy atom. The molecule has 4 atom stereocenters. The van der Waals surface area contributed by atoms with Crippen LogP contribution in [0.25, 0.3) is 0 Å². The number of aliphatic hydroxyl groups is 1. The third-order valence-corrected chi connectivity index (χ3v) is 5.28. The maximum absolute atomic E-state index is 12.9. The smallest absolute Gasteiger partial charge is 0.259 e. The molecule has 2 aliphatic heterocycles. The van der Waals surface area contributed by atoms with E-state index in [9.17, 15) is 9.90 Å². The number of aromatic nitrogens is 1. The van der Waals surface area contributed by atoms with Gasteiger partial charge < -0.3 is 19.5 Å². The molecule has 0 aliphatic carbocycles. The van der Waals surface area contributed by atoms with Crippen molar-refractivity contribution in [3.63, 3.8) is 0 Å². The molecule has 7 heteroatoms. The predicted octanol–water partition coefficient (Wildman–Crippen LogP) is 0.880. The van der Waals surface area contributed by atoms with E-state index in [0.29, 0.717) is 24.5 Å². The summed E-state index contributed by atoms with van der Waals surface area (Å²) >= 11 is 0. The fraction of sp³-hybridized carbons (Fsp3) is 0.684. The van der Waals surface area contributed by atoms with Crippen LogP contribution in [0.3, 0.4) is 0 Å². The highest BCUT2D eigenvalue weighted by Crippen LogP contribution is 2.28. The van der Waals surface area contributed by atoms with Gasteiger partial charge in [-0.05, 0) is 31.9 Å². The van der Waals surface area contributed by atoms with Gasteiger partial charge in [0, 0.05) is 51.4 Å². The number of ether oxygens (including phenoxy) is 2. The number of aliphatic hydroxyl groups excluding tert-OH is 1. The van der Waals surface area contributed by atoms with Gasteiger partial charge in [0.2, 0.25) is 5.88 Å². The van der Waals surface area contributed by atoms with Gasteiger partial charge in [-0.15, -0.1) is 0 Å². The molecule has 1 N–H and O–H groups in total. The Bertz CT molecular complexity index is 617. The van der Waals surface area contributed by atoms with Gasteiger partial charge in [0.1, 0.15) is 5.56 Å². The van der Waals surface area contributed by atoms with Gasteiger partial charge in [-0.2, -0.15) is 0 Å². The summed E-state index contributed by atoms with van der Waals surface area (Å²) in [6.07, 6.45) is 2.04. The maximum Gasteiger partial charge on any atom is 0.259 e. The van der Waals surface area contributed by atoms with Crippen LogP contribution in [0.15, 0.2) is 18.3 Å². The zero-order chi connectivity index (χ0) is 18.7. The predicted molar refractivity (Wildman–Crippen MR) is 97.2 cm³/mol. The first-order valence-corrected chi connectivity index (χ1v) is 9.28. The molecule has 4 unspecified atom stereocenters. The zero-order valence-corrected chi connectivity index (χ0v) is 15.8. The topological polar surface area (TPSA) is 75.1 Å². The molecule has 2 saturated heterocycles.